The lowest BCUT2D eigenvalue weighted by Gasteiger charge is -2.22. The van der Waals surface area contributed by atoms with Gasteiger partial charge in [0, 0.05) is 11.6 Å². The molecule has 7 nitrogen and oxygen atoms in total. The second-order valence-corrected chi connectivity index (χ2v) is 9.92. The molecule has 1 amide bonds. The van der Waals surface area contributed by atoms with Crippen LogP contribution in [0.4, 0.5) is 0 Å². The number of rotatable bonds is 9. The van der Waals surface area contributed by atoms with Gasteiger partial charge in [0.25, 0.3) is 5.91 Å². The van der Waals surface area contributed by atoms with Crippen molar-refractivity contribution in [3.63, 3.8) is 0 Å². The number of nitrogens with one attached hydrogen (secondary N) is 2. The van der Waals surface area contributed by atoms with Crippen LogP contribution >= 0.6 is 0 Å². The van der Waals surface area contributed by atoms with Crippen LogP contribution in [0.15, 0.2) is 47.4 Å². The van der Waals surface area contributed by atoms with Crippen molar-refractivity contribution in [3.05, 3.63) is 53.6 Å². The Kier molecular flexibility index (Phi) is 8.15. The summed E-state index contributed by atoms with van der Waals surface area (Å²) in [6, 6.07) is 11.9. The van der Waals surface area contributed by atoms with E-state index in [2.05, 4.69) is 10.0 Å². The van der Waals surface area contributed by atoms with E-state index < -0.39 is 10.0 Å². The zero-order chi connectivity index (χ0) is 23.1. The van der Waals surface area contributed by atoms with Gasteiger partial charge in [-0.2, -0.15) is 0 Å². The molecule has 0 unspecified atom stereocenters. The number of benzene rings is 2. The number of hydrogen-bond donors (Lipinski definition) is 2. The summed E-state index contributed by atoms with van der Waals surface area (Å²) in [5.41, 5.74) is 1.53. The van der Waals surface area contributed by atoms with Crippen LogP contribution in [0.1, 0.15) is 56.2 Å². The average Bonchev–Trinajstić information content (AvgIpc) is 2.78. The molecule has 2 N–H and O–H groups in total. The molecule has 0 saturated heterocycles. The van der Waals surface area contributed by atoms with Crippen molar-refractivity contribution in [2.45, 2.75) is 62.9 Å². The smallest absolute Gasteiger partial charge is 0.258 e. The normalized spacial score (nSPS) is 15.7. The van der Waals surface area contributed by atoms with E-state index in [0.29, 0.717) is 17.1 Å². The van der Waals surface area contributed by atoms with Gasteiger partial charge in [-0.05, 0) is 56.5 Å². The summed E-state index contributed by atoms with van der Waals surface area (Å²) in [7, 11) is -1.99. The number of sulfonamides is 1. The van der Waals surface area contributed by atoms with Gasteiger partial charge >= 0.3 is 0 Å². The summed E-state index contributed by atoms with van der Waals surface area (Å²) >= 11 is 0. The molecular formula is C24H32N2O5S. The summed E-state index contributed by atoms with van der Waals surface area (Å²) in [6.07, 6.45) is 5.02. The summed E-state index contributed by atoms with van der Waals surface area (Å²) in [4.78, 5) is 12.6. The van der Waals surface area contributed by atoms with Crippen LogP contribution in [0.5, 0.6) is 11.5 Å². The fourth-order valence-corrected chi connectivity index (χ4v) is 5.38. The number of aryl methyl sites for hydroxylation is 1. The number of amides is 1. The topological polar surface area (TPSA) is 93.7 Å². The fourth-order valence-electron chi connectivity index (χ4n) is 3.99. The van der Waals surface area contributed by atoms with E-state index in [1.807, 2.05) is 31.2 Å². The molecule has 1 aliphatic carbocycles. The number of carbonyl (C=O) groups excluding carboxylic acids is 1. The molecule has 2 aromatic rings. The predicted molar refractivity (Wildman–Crippen MR) is 123 cm³/mol. The maximum absolute atomic E-state index is 12.7. The van der Waals surface area contributed by atoms with E-state index in [-0.39, 0.29) is 29.5 Å². The maximum Gasteiger partial charge on any atom is 0.258 e. The van der Waals surface area contributed by atoms with Crippen LogP contribution in [0, 0.1) is 6.92 Å². The van der Waals surface area contributed by atoms with Crippen molar-refractivity contribution < 1.29 is 22.7 Å². The van der Waals surface area contributed by atoms with E-state index in [1.165, 1.54) is 6.07 Å². The van der Waals surface area contributed by atoms with Crippen molar-refractivity contribution in [2.75, 3.05) is 13.7 Å². The van der Waals surface area contributed by atoms with Crippen molar-refractivity contribution in [2.24, 2.45) is 0 Å². The number of hydrogen-bond acceptors (Lipinski definition) is 5. The molecule has 8 heteroatoms. The predicted octanol–water partition coefficient (Wildman–Crippen LogP) is 3.87. The Morgan fingerprint density at radius 3 is 2.50 bits per heavy atom. The Bertz CT molecular complexity index is 1030. The largest absolute Gasteiger partial charge is 0.496 e. The van der Waals surface area contributed by atoms with Crippen molar-refractivity contribution >= 4 is 15.9 Å². The molecule has 0 aromatic heterocycles. The summed E-state index contributed by atoms with van der Waals surface area (Å²) < 4.78 is 39.2. The SMILES string of the molecule is COc1ccccc1[C@@H](C)NC(=O)COc1ccc(S(=O)(=O)NC2CCCCC2)cc1C. The maximum atomic E-state index is 12.7. The van der Waals surface area contributed by atoms with Gasteiger partial charge < -0.3 is 14.8 Å². The third-order valence-electron chi connectivity index (χ3n) is 5.73. The fraction of sp³-hybridized carbons (Fsp3) is 0.458. The first kappa shape index (κ1) is 24.1. The lowest BCUT2D eigenvalue weighted by atomic mass is 9.96. The van der Waals surface area contributed by atoms with E-state index in [1.54, 1.807) is 26.2 Å². The van der Waals surface area contributed by atoms with Gasteiger partial charge in [0.2, 0.25) is 10.0 Å². The minimum absolute atomic E-state index is 0.00101. The third-order valence-corrected chi connectivity index (χ3v) is 7.24. The van der Waals surface area contributed by atoms with Gasteiger partial charge in [-0.3, -0.25) is 4.79 Å². The first-order chi connectivity index (χ1) is 15.3. The molecule has 2 aromatic carbocycles. The number of para-hydroxylation sites is 1. The summed E-state index contributed by atoms with van der Waals surface area (Å²) in [5.74, 6) is 0.899. The Morgan fingerprint density at radius 2 is 1.81 bits per heavy atom. The minimum atomic E-state index is -3.58. The van der Waals surface area contributed by atoms with Crippen LogP contribution < -0.4 is 19.5 Å². The summed E-state index contributed by atoms with van der Waals surface area (Å²) in [6.45, 7) is 3.47. The Hall–Kier alpha value is -2.58. The molecule has 1 aliphatic rings. The highest BCUT2D eigenvalue weighted by atomic mass is 32.2. The quantitative estimate of drug-likeness (QED) is 0.593. The molecule has 1 saturated carbocycles. The van der Waals surface area contributed by atoms with Crippen LogP contribution in [0.2, 0.25) is 0 Å². The molecule has 0 heterocycles. The van der Waals surface area contributed by atoms with Gasteiger partial charge in [-0.25, -0.2) is 13.1 Å². The van der Waals surface area contributed by atoms with Crippen molar-refractivity contribution in [1.82, 2.24) is 10.0 Å². The standard InChI is InChI=1S/C24H32N2O5S/c1-17-15-20(32(28,29)26-19-9-5-4-6-10-19)13-14-22(17)31-16-24(27)25-18(2)21-11-7-8-12-23(21)30-3/h7-8,11-15,18-19,26H,4-6,9-10,16H2,1-3H3,(H,25,27)/t18-/m1/s1. The molecule has 0 spiro atoms. The number of methoxy groups -OCH3 is 1. The Labute approximate surface area is 190 Å². The zero-order valence-electron chi connectivity index (χ0n) is 18.9. The van der Waals surface area contributed by atoms with E-state index >= 15 is 0 Å². The van der Waals surface area contributed by atoms with Crippen LogP contribution in [0.3, 0.4) is 0 Å². The summed E-state index contributed by atoms with van der Waals surface area (Å²) in [5, 5.41) is 2.89. The van der Waals surface area contributed by atoms with E-state index in [4.69, 9.17) is 9.47 Å². The number of carbonyl (C=O) groups is 1. The first-order valence-corrected chi connectivity index (χ1v) is 12.5. The van der Waals surface area contributed by atoms with Crippen molar-refractivity contribution in [1.29, 1.82) is 0 Å². The molecular weight excluding hydrogens is 428 g/mol. The van der Waals surface area contributed by atoms with Crippen molar-refractivity contribution in [3.8, 4) is 11.5 Å². The van der Waals surface area contributed by atoms with Crippen LogP contribution in [-0.4, -0.2) is 34.1 Å². The molecule has 0 bridgehead atoms. The van der Waals surface area contributed by atoms with E-state index in [9.17, 15) is 13.2 Å². The van der Waals surface area contributed by atoms with Gasteiger partial charge in [-0.1, -0.05) is 37.5 Å². The highest BCUT2D eigenvalue weighted by molar-refractivity contribution is 7.89. The first-order valence-electron chi connectivity index (χ1n) is 11.0. The highest BCUT2D eigenvalue weighted by Crippen LogP contribution is 2.25. The third kappa shape index (κ3) is 6.23. The molecule has 174 valence electrons. The lowest BCUT2D eigenvalue weighted by Crippen LogP contribution is -2.36. The van der Waals surface area contributed by atoms with Crippen LogP contribution in [0.25, 0.3) is 0 Å². The zero-order valence-corrected chi connectivity index (χ0v) is 19.7. The number of ether oxygens (including phenoxy) is 2. The highest BCUT2D eigenvalue weighted by Gasteiger charge is 2.22. The van der Waals surface area contributed by atoms with Gasteiger partial charge in [0.15, 0.2) is 6.61 Å². The van der Waals surface area contributed by atoms with Gasteiger partial charge in [-0.15, -0.1) is 0 Å². The molecule has 1 atom stereocenters. The molecule has 0 radical (unpaired) electrons. The van der Waals surface area contributed by atoms with Crippen LogP contribution in [-0.2, 0) is 14.8 Å². The van der Waals surface area contributed by atoms with Gasteiger partial charge in [0.1, 0.15) is 11.5 Å². The Balaban J connectivity index is 1.58. The minimum Gasteiger partial charge on any atom is -0.496 e. The van der Waals surface area contributed by atoms with Gasteiger partial charge in [0.05, 0.1) is 18.0 Å². The molecule has 3 rings (SSSR count). The lowest BCUT2D eigenvalue weighted by molar-refractivity contribution is -0.123. The second kappa shape index (κ2) is 10.8. The second-order valence-electron chi connectivity index (χ2n) is 8.20. The Morgan fingerprint density at radius 1 is 1.09 bits per heavy atom. The average molecular weight is 461 g/mol. The monoisotopic (exact) mass is 460 g/mol. The molecule has 1 fully saturated rings. The molecule has 32 heavy (non-hydrogen) atoms. The van der Waals surface area contributed by atoms with E-state index in [0.717, 1.165) is 37.7 Å². The molecule has 0 aliphatic heterocycles.